The highest BCUT2D eigenvalue weighted by molar-refractivity contribution is 5.97. The number of nitrogens with zero attached hydrogens (tertiary/aromatic N) is 1. The number of carbonyl (C=O) groups excluding carboxylic acids is 2. The van der Waals surface area contributed by atoms with Crippen molar-refractivity contribution in [2.75, 3.05) is 0 Å². The van der Waals surface area contributed by atoms with Crippen molar-refractivity contribution in [1.29, 1.82) is 0 Å². The first-order valence-electron chi connectivity index (χ1n) is 8.51. The largest absolute Gasteiger partial charge is 0.342 e. The van der Waals surface area contributed by atoms with Gasteiger partial charge in [0.2, 0.25) is 11.8 Å². The molecule has 0 bridgehead atoms. The fraction of sp³-hybridized carbons (Fsp3) is 0.882. The van der Waals surface area contributed by atoms with Crippen LogP contribution in [0.2, 0.25) is 0 Å². The van der Waals surface area contributed by atoms with Gasteiger partial charge < -0.3 is 10.2 Å². The van der Waals surface area contributed by atoms with Gasteiger partial charge in [-0.2, -0.15) is 0 Å². The zero-order valence-corrected chi connectivity index (χ0v) is 14.1. The summed E-state index contributed by atoms with van der Waals surface area (Å²) >= 11 is 0. The lowest BCUT2D eigenvalue weighted by molar-refractivity contribution is -0.156. The molecule has 1 saturated heterocycles. The molecule has 1 aliphatic carbocycles. The average Bonchev–Trinajstić information content (AvgIpc) is 2.85. The molecule has 120 valence electrons. The van der Waals surface area contributed by atoms with Gasteiger partial charge in [0.25, 0.3) is 0 Å². The Labute approximate surface area is 128 Å². The molecule has 1 saturated carbocycles. The first-order chi connectivity index (χ1) is 9.88. The SMILES string of the molecule is CCC(C)C1NC(=O)C(C(C)C)N(C2CCCC2C)C1=O. The van der Waals surface area contributed by atoms with Gasteiger partial charge in [-0.3, -0.25) is 9.59 Å². The van der Waals surface area contributed by atoms with E-state index in [4.69, 9.17) is 0 Å². The van der Waals surface area contributed by atoms with Gasteiger partial charge in [-0.05, 0) is 30.6 Å². The molecule has 2 rings (SSSR count). The topological polar surface area (TPSA) is 49.4 Å². The van der Waals surface area contributed by atoms with Crippen molar-refractivity contribution >= 4 is 11.8 Å². The van der Waals surface area contributed by atoms with Gasteiger partial charge in [-0.1, -0.05) is 47.5 Å². The zero-order chi connectivity index (χ0) is 15.7. The van der Waals surface area contributed by atoms with E-state index >= 15 is 0 Å². The third-order valence-electron chi connectivity index (χ3n) is 5.40. The molecule has 4 nitrogen and oxygen atoms in total. The molecule has 5 unspecified atom stereocenters. The second kappa shape index (κ2) is 6.37. The summed E-state index contributed by atoms with van der Waals surface area (Å²) in [4.78, 5) is 27.6. The van der Waals surface area contributed by atoms with Crippen LogP contribution in [0.25, 0.3) is 0 Å². The molecule has 1 heterocycles. The van der Waals surface area contributed by atoms with Crippen molar-refractivity contribution in [3.63, 3.8) is 0 Å². The Kier molecular flexibility index (Phi) is 4.95. The standard InChI is InChI=1S/C17H30N2O2/c1-6-11(4)14-17(21)19(13-9-7-8-12(13)5)15(10(2)3)16(20)18-14/h10-15H,6-9H2,1-5H3,(H,18,20). The summed E-state index contributed by atoms with van der Waals surface area (Å²) in [6, 6.07) is -0.406. The highest BCUT2D eigenvalue weighted by atomic mass is 16.2. The number of carbonyl (C=O) groups is 2. The number of amides is 2. The third-order valence-corrected chi connectivity index (χ3v) is 5.40. The van der Waals surface area contributed by atoms with Crippen molar-refractivity contribution in [3.05, 3.63) is 0 Å². The predicted molar refractivity (Wildman–Crippen MR) is 83.7 cm³/mol. The minimum atomic E-state index is -0.342. The summed E-state index contributed by atoms with van der Waals surface area (Å²) in [6.07, 6.45) is 4.26. The summed E-state index contributed by atoms with van der Waals surface area (Å²) in [7, 11) is 0. The van der Waals surface area contributed by atoms with E-state index in [-0.39, 0.29) is 41.8 Å². The van der Waals surface area contributed by atoms with E-state index in [1.165, 1.54) is 0 Å². The molecule has 0 radical (unpaired) electrons. The summed E-state index contributed by atoms with van der Waals surface area (Å²) < 4.78 is 0. The molecule has 2 amide bonds. The third kappa shape index (κ3) is 2.95. The lowest BCUT2D eigenvalue weighted by Gasteiger charge is -2.46. The van der Waals surface area contributed by atoms with Crippen LogP contribution in [0.5, 0.6) is 0 Å². The molecule has 21 heavy (non-hydrogen) atoms. The Morgan fingerprint density at radius 1 is 1.24 bits per heavy atom. The van der Waals surface area contributed by atoms with Crippen molar-refractivity contribution in [2.24, 2.45) is 17.8 Å². The van der Waals surface area contributed by atoms with Gasteiger partial charge in [-0.25, -0.2) is 0 Å². The summed E-state index contributed by atoms with van der Waals surface area (Å²) in [6.45, 7) is 10.4. The van der Waals surface area contributed by atoms with Gasteiger partial charge in [0.1, 0.15) is 12.1 Å². The first-order valence-corrected chi connectivity index (χ1v) is 8.51. The maximum atomic E-state index is 13.0. The van der Waals surface area contributed by atoms with Crippen LogP contribution in [0.3, 0.4) is 0 Å². The van der Waals surface area contributed by atoms with Crippen LogP contribution in [0.15, 0.2) is 0 Å². The van der Waals surface area contributed by atoms with Gasteiger partial charge in [0.05, 0.1) is 0 Å². The zero-order valence-electron chi connectivity index (χ0n) is 14.1. The van der Waals surface area contributed by atoms with E-state index in [1.807, 2.05) is 18.7 Å². The normalized spacial score (nSPS) is 35.2. The number of hydrogen-bond donors (Lipinski definition) is 1. The van der Waals surface area contributed by atoms with Crippen LogP contribution >= 0.6 is 0 Å². The molecule has 0 aromatic heterocycles. The van der Waals surface area contributed by atoms with Crippen LogP contribution in [-0.2, 0) is 9.59 Å². The quantitative estimate of drug-likeness (QED) is 0.866. The van der Waals surface area contributed by atoms with Gasteiger partial charge in [0.15, 0.2) is 0 Å². The molecule has 0 aromatic rings. The Morgan fingerprint density at radius 2 is 1.90 bits per heavy atom. The minimum Gasteiger partial charge on any atom is -0.342 e. The minimum absolute atomic E-state index is 0.0361. The predicted octanol–water partition coefficient (Wildman–Crippen LogP) is 2.57. The second-order valence-corrected chi connectivity index (χ2v) is 7.28. The number of nitrogens with one attached hydrogen (secondary N) is 1. The Bertz CT molecular complexity index is 408. The molecular weight excluding hydrogens is 264 g/mol. The number of piperazine rings is 1. The fourth-order valence-corrected chi connectivity index (χ4v) is 3.88. The monoisotopic (exact) mass is 294 g/mol. The molecule has 0 aromatic carbocycles. The van der Waals surface area contributed by atoms with Crippen LogP contribution in [0, 0.1) is 17.8 Å². The molecular formula is C17H30N2O2. The fourth-order valence-electron chi connectivity index (χ4n) is 3.88. The van der Waals surface area contributed by atoms with Crippen LogP contribution in [0.1, 0.15) is 60.3 Å². The number of rotatable bonds is 4. The Morgan fingerprint density at radius 3 is 2.38 bits per heavy atom. The van der Waals surface area contributed by atoms with E-state index in [0.717, 1.165) is 25.7 Å². The summed E-state index contributed by atoms with van der Waals surface area (Å²) in [5, 5.41) is 2.99. The first kappa shape index (κ1) is 16.3. The summed E-state index contributed by atoms with van der Waals surface area (Å²) in [5.41, 5.74) is 0. The average molecular weight is 294 g/mol. The lowest BCUT2D eigenvalue weighted by atomic mass is 9.88. The Balaban J connectivity index is 2.32. The van der Waals surface area contributed by atoms with Crippen molar-refractivity contribution in [1.82, 2.24) is 10.2 Å². The van der Waals surface area contributed by atoms with Crippen molar-refractivity contribution in [3.8, 4) is 0 Å². The molecule has 2 aliphatic rings. The maximum Gasteiger partial charge on any atom is 0.246 e. The van der Waals surface area contributed by atoms with Gasteiger partial charge >= 0.3 is 0 Å². The number of hydrogen-bond acceptors (Lipinski definition) is 2. The molecule has 2 fully saturated rings. The van der Waals surface area contributed by atoms with Crippen molar-refractivity contribution < 1.29 is 9.59 Å². The molecule has 4 heteroatoms. The molecule has 1 aliphatic heterocycles. The highest BCUT2D eigenvalue weighted by Gasteiger charge is 2.47. The van der Waals surface area contributed by atoms with E-state index in [2.05, 4.69) is 26.1 Å². The summed E-state index contributed by atoms with van der Waals surface area (Å²) in [5.74, 6) is 1.02. The van der Waals surface area contributed by atoms with Crippen LogP contribution < -0.4 is 5.32 Å². The van der Waals surface area contributed by atoms with Crippen LogP contribution in [-0.4, -0.2) is 34.8 Å². The van der Waals surface area contributed by atoms with Crippen molar-refractivity contribution in [2.45, 2.75) is 78.4 Å². The molecule has 1 N–H and O–H groups in total. The maximum absolute atomic E-state index is 13.0. The highest BCUT2D eigenvalue weighted by Crippen LogP contribution is 2.34. The smallest absolute Gasteiger partial charge is 0.246 e. The van der Waals surface area contributed by atoms with E-state index in [0.29, 0.717) is 5.92 Å². The molecule has 5 atom stereocenters. The van der Waals surface area contributed by atoms with E-state index < -0.39 is 0 Å². The van der Waals surface area contributed by atoms with Gasteiger partial charge in [0, 0.05) is 6.04 Å². The van der Waals surface area contributed by atoms with E-state index in [9.17, 15) is 9.59 Å². The Hall–Kier alpha value is -1.06. The second-order valence-electron chi connectivity index (χ2n) is 7.28. The molecule has 0 spiro atoms. The van der Waals surface area contributed by atoms with Gasteiger partial charge in [-0.15, -0.1) is 0 Å². The lowest BCUT2D eigenvalue weighted by Crippen LogP contribution is -2.68. The van der Waals surface area contributed by atoms with E-state index in [1.54, 1.807) is 0 Å². The van der Waals surface area contributed by atoms with Crippen LogP contribution in [0.4, 0.5) is 0 Å².